The van der Waals surface area contributed by atoms with Gasteiger partial charge in [-0.2, -0.15) is 12.6 Å². The minimum absolute atomic E-state index is 0.345. The molecule has 0 aliphatic heterocycles. The van der Waals surface area contributed by atoms with Gasteiger partial charge in [0.15, 0.2) is 0 Å². The summed E-state index contributed by atoms with van der Waals surface area (Å²) < 4.78 is -0.345. The number of rotatable bonds is 3. The molecule has 86 valence electrons. The average Bonchev–Trinajstić information content (AvgIpc) is 2.40. The van der Waals surface area contributed by atoms with Gasteiger partial charge in [0.1, 0.15) is 0 Å². The van der Waals surface area contributed by atoms with Crippen LogP contribution >= 0.6 is 12.6 Å². The van der Waals surface area contributed by atoms with Gasteiger partial charge in [-0.05, 0) is 23.6 Å². The van der Waals surface area contributed by atoms with E-state index in [2.05, 4.69) is 37.8 Å². The molecule has 0 saturated carbocycles. The lowest BCUT2D eigenvalue weighted by atomic mass is 9.88. The molecule has 0 heterocycles. The van der Waals surface area contributed by atoms with E-state index in [-0.39, 0.29) is 4.75 Å². The molecule has 2 aromatic carbocycles. The summed E-state index contributed by atoms with van der Waals surface area (Å²) >= 11 is 4.78. The second-order valence-electron chi connectivity index (χ2n) is 4.28. The van der Waals surface area contributed by atoms with Gasteiger partial charge in [0, 0.05) is 0 Å². The Morgan fingerprint density at radius 1 is 0.941 bits per heavy atom. The van der Waals surface area contributed by atoms with E-state index < -0.39 is 0 Å². The van der Waals surface area contributed by atoms with Gasteiger partial charge in [0.05, 0.1) is 4.75 Å². The Hall–Kier alpha value is -1.47. The first-order valence-corrected chi connectivity index (χ1v) is 6.10. The highest BCUT2D eigenvalue weighted by Crippen LogP contribution is 2.40. The molecular weight excluding hydrogens is 224 g/mol. The van der Waals surface area contributed by atoms with E-state index in [1.807, 2.05) is 36.4 Å². The largest absolute Gasteiger partial charge is 0.163 e. The Morgan fingerprint density at radius 2 is 1.41 bits per heavy atom. The summed E-state index contributed by atoms with van der Waals surface area (Å²) in [7, 11) is 0. The average molecular weight is 240 g/mol. The van der Waals surface area contributed by atoms with E-state index in [0.717, 1.165) is 16.7 Å². The molecule has 17 heavy (non-hydrogen) atoms. The van der Waals surface area contributed by atoms with Crippen LogP contribution in [0.4, 0.5) is 0 Å². The molecule has 1 heteroatoms. The van der Waals surface area contributed by atoms with Gasteiger partial charge in [0.2, 0.25) is 0 Å². The summed E-state index contributed by atoms with van der Waals surface area (Å²) in [5, 5.41) is 0. The van der Waals surface area contributed by atoms with Gasteiger partial charge >= 0.3 is 0 Å². The van der Waals surface area contributed by atoms with Gasteiger partial charge in [0.25, 0.3) is 0 Å². The Kier molecular flexibility index (Phi) is 3.39. The standard InChI is InChI=1S/C16H16S/c1-13(14-9-5-3-6-10-14)16(2,17)15-11-7-4-8-12-15/h3-12,17H,1H2,2H3. The smallest absolute Gasteiger partial charge is 0.0598 e. The van der Waals surface area contributed by atoms with E-state index in [4.69, 9.17) is 12.6 Å². The van der Waals surface area contributed by atoms with Crippen molar-refractivity contribution in [1.29, 1.82) is 0 Å². The lowest BCUT2D eigenvalue weighted by Gasteiger charge is -2.27. The lowest BCUT2D eigenvalue weighted by molar-refractivity contribution is 0.915. The van der Waals surface area contributed by atoms with Gasteiger partial charge in [-0.3, -0.25) is 0 Å². The van der Waals surface area contributed by atoms with Crippen molar-refractivity contribution in [3.8, 4) is 0 Å². The van der Waals surface area contributed by atoms with Crippen LogP contribution in [0.25, 0.3) is 5.57 Å². The van der Waals surface area contributed by atoms with Crippen LogP contribution in [-0.2, 0) is 4.75 Å². The van der Waals surface area contributed by atoms with Gasteiger partial charge in [-0.15, -0.1) is 0 Å². The maximum atomic E-state index is 4.78. The van der Waals surface area contributed by atoms with Crippen LogP contribution in [0.5, 0.6) is 0 Å². The second kappa shape index (κ2) is 4.80. The molecule has 1 atom stereocenters. The SMILES string of the molecule is C=C(c1ccccc1)C(C)(S)c1ccccc1. The minimum atomic E-state index is -0.345. The van der Waals surface area contributed by atoms with Crippen molar-refractivity contribution in [3.63, 3.8) is 0 Å². The molecule has 0 nitrogen and oxygen atoms in total. The van der Waals surface area contributed by atoms with E-state index in [1.165, 1.54) is 0 Å². The third-order valence-corrected chi connectivity index (χ3v) is 3.57. The highest BCUT2D eigenvalue weighted by molar-refractivity contribution is 7.81. The topological polar surface area (TPSA) is 0 Å². The fourth-order valence-corrected chi connectivity index (χ4v) is 2.14. The Balaban J connectivity index is 2.37. The molecule has 0 aliphatic rings. The summed E-state index contributed by atoms with van der Waals surface area (Å²) in [6, 6.07) is 20.4. The predicted octanol–water partition coefficient (Wildman–Crippen LogP) is 4.55. The van der Waals surface area contributed by atoms with Gasteiger partial charge < -0.3 is 0 Å². The van der Waals surface area contributed by atoms with Crippen LogP contribution in [0.3, 0.4) is 0 Å². The molecule has 0 fully saturated rings. The van der Waals surface area contributed by atoms with Gasteiger partial charge in [-0.25, -0.2) is 0 Å². The molecule has 0 N–H and O–H groups in total. The van der Waals surface area contributed by atoms with E-state index in [0.29, 0.717) is 0 Å². The number of benzene rings is 2. The normalized spacial score (nSPS) is 14.0. The third-order valence-electron chi connectivity index (χ3n) is 3.05. The highest BCUT2D eigenvalue weighted by atomic mass is 32.1. The zero-order valence-electron chi connectivity index (χ0n) is 9.93. The first-order valence-electron chi connectivity index (χ1n) is 5.65. The number of hydrogen-bond donors (Lipinski definition) is 1. The first-order chi connectivity index (χ1) is 8.12. The van der Waals surface area contributed by atoms with E-state index >= 15 is 0 Å². The van der Waals surface area contributed by atoms with Crippen LogP contribution in [-0.4, -0.2) is 0 Å². The summed E-state index contributed by atoms with van der Waals surface area (Å²) in [6.45, 7) is 6.28. The van der Waals surface area contributed by atoms with Crippen molar-refractivity contribution in [2.24, 2.45) is 0 Å². The molecule has 2 aromatic rings. The molecule has 2 rings (SSSR count). The molecule has 0 radical (unpaired) electrons. The minimum Gasteiger partial charge on any atom is -0.163 e. The van der Waals surface area contributed by atoms with Crippen LogP contribution in [0.15, 0.2) is 67.2 Å². The molecule has 0 bridgehead atoms. The fourth-order valence-electron chi connectivity index (χ4n) is 1.86. The summed E-state index contributed by atoms with van der Waals surface area (Å²) in [4.78, 5) is 0. The maximum Gasteiger partial charge on any atom is 0.0598 e. The fraction of sp³-hybridized carbons (Fsp3) is 0.125. The molecular formula is C16H16S. The van der Waals surface area contributed by atoms with Crippen LogP contribution in [0.1, 0.15) is 18.1 Å². The molecule has 1 unspecified atom stereocenters. The zero-order chi connectivity index (χ0) is 12.3. The molecule has 0 spiro atoms. The number of thiol groups is 1. The van der Waals surface area contributed by atoms with E-state index in [9.17, 15) is 0 Å². The summed E-state index contributed by atoms with van der Waals surface area (Å²) in [5.74, 6) is 0. The Labute approximate surface area is 108 Å². The lowest BCUT2D eigenvalue weighted by Crippen LogP contribution is -2.15. The quantitative estimate of drug-likeness (QED) is 0.748. The van der Waals surface area contributed by atoms with Crippen molar-refractivity contribution in [3.05, 3.63) is 78.4 Å². The highest BCUT2D eigenvalue weighted by Gasteiger charge is 2.25. The van der Waals surface area contributed by atoms with Crippen molar-refractivity contribution in [2.75, 3.05) is 0 Å². The third kappa shape index (κ3) is 2.45. The summed E-state index contributed by atoms with van der Waals surface area (Å²) in [6.07, 6.45) is 0. The van der Waals surface area contributed by atoms with Crippen molar-refractivity contribution in [2.45, 2.75) is 11.7 Å². The Morgan fingerprint density at radius 3 is 1.94 bits per heavy atom. The number of hydrogen-bond acceptors (Lipinski definition) is 1. The monoisotopic (exact) mass is 240 g/mol. The first kappa shape index (κ1) is 12.0. The molecule has 0 aliphatic carbocycles. The van der Waals surface area contributed by atoms with Gasteiger partial charge in [-0.1, -0.05) is 67.2 Å². The van der Waals surface area contributed by atoms with Crippen LogP contribution < -0.4 is 0 Å². The molecule has 0 amide bonds. The predicted molar refractivity (Wildman–Crippen MR) is 78.3 cm³/mol. The Bertz CT molecular complexity index is 498. The summed E-state index contributed by atoms with van der Waals surface area (Å²) in [5.41, 5.74) is 3.32. The van der Waals surface area contributed by atoms with Crippen molar-refractivity contribution >= 4 is 18.2 Å². The maximum absolute atomic E-state index is 4.78. The second-order valence-corrected chi connectivity index (χ2v) is 5.18. The van der Waals surface area contributed by atoms with E-state index in [1.54, 1.807) is 0 Å². The van der Waals surface area contributed by atoms with Crippen LogP contribution in [0, 0.1) is 0 Å². The van der Waals surface area contributed by atoms with Crippen molar-refractivity contribution < 1.29 is 0 Å². The molecule has 0 saturated heterocycles. The molecule has 0 aromatic heterocycles. The zero-order valence-corrected chi connectivity index (χ0v) is 10.8. The van der Waals surface area contributed by atoms with Crippen molar-refractivity contribution in [1.82, 2.24) is 0 Å². The van der Waals surface area contributed by atoms with Crippen LogP contribution in [0.2, 0.25) is 0 Å².